The first-order valence-electron chi connectivity index (χ1n) is 8.98. The summed E-state index contributed by atoms with van der Waals surface area (Å²) in [4.78, 5) is 16.6. The summed E-state index contributed by atoms with van der Waals surface area (Å²) in [6.45, 7) is 6.05. The molecule has 2 aromatic heterocycles. The first-order valence-corrected chi connectivity index (χ1v) is 8.98. The Morgan fingerprint density at radius 1 is 1.04 bits per heavy atom. The number of urea groups is 1. The van der Waals surface area contributed by atoms with Crippen molar-refractivity contribution in [2.24, 2.45) is 0 Å². The minimum Gasteiger partial charge on any atom is -0.359 e. The second-order valence-corrected chi connectivity index (χ2v) is 7.56. The minimum absolute atomic E-state index is 0.170. The Labute approximate surface area is 162 Å². The molecule has 0 aliphatic heterocycles. The maximum atomic E-state index is 12.2. The predicted molar refractivity (Wildman–Crippen MR) is 109 cm³/mol. The van der Waals surface area contributed by atoms with Crippen LogP contribution in [0.15, 0.2) is 65.4 Å². The molecule has 0 saturated carbocycles. The molecule has 2 N–H and O–H groups in total. The molecule has 0 saturated heterocycles. The smallest absolute Gasteiger partial charge is 0.324 e. The largest absolute Gasteiger partial charge is 0.359 e. The van der Waals surface area contributed by atoms with Crippen molar-refractivity contribution >= 4 is 28.6 Å². The second kappa shape index (κ2) is 6.84. The first-order chi connectivity index (χ1) is 13.4. The fraction of sp³-hybridized carbons (Fsp3) is 0.190. The molecule has 0 atom stereocenters. The quantitative estimate of drug-likeness (QED) is 0.530. The fourth-order valence-electron chi connectivity index (χ4n) is 2.84. The lowest BCUT2D eigenvalue weighted by molar-refractivity contribution is 0.262. The highest BCUT2D eigenvalue weighted by molar-refractivity contribution is 5.99. The highest BCUT2D eigenvalue weighted by Gasteiger charge is 2.20. The van der Waals surface area contributed by atoms with E-state index >= 15 is 0 Å². The molecular weight excluding hydrogens is 354 g/mol. The molecule has 7 heteroatoms. The van der Waals surface area contributed by atoms with Crippen LogP contribution < -0.4 is 10.6 Å². The van der Waals surface area contributed by atoms with E-state index in [4.69, 9.17) is 4.52 Å². The first kappa shape index (κ1) is 17.8. The van der Waals surface area contributed by atoms with Crippen LogP contribution >= 0.6 is 0 Å². The number of benzene rings is 2. The zero-order chi connectivity index (χ0) is 19.7. The monoisotopic (exact) mass is 375 g/mol. The number of fused-ring (bicyclic) bond motifs is 1. The Kier molecular flexibility index (Phi) is 4.35. The molecule has 2 aromatic carbocycles. The number of aromatic nitrogens is 3. The third-order valence-corrected chi connectivity index (χ3v) is 4.35. The van der Waals surface area contributed by atoms with Crippen molar-refractivity contribution in [1.82, 2.24) is 14.7 Å². The average Bonchev–Trinajstić information content (AvgIpc) is 3.29. The van der Waals surface area contributed by atoms with Crippen molar-refractivity contribution in [2.75, 3.05) is 10.6 Å². The molecule has 4 aromatic rings. The summed E-state index contributed by atoms with van der Waals surface area (Å²) in [5.41, 5.74) is 3.43. The van der Waals surface area contributed by atoms with E-state index in [-0.39, 0.29) is 11.4 Å². The van der Waals surface area contributed by atoms with Gasteiger partial charge in [0.15, 0.2) is 5.82 Å². The van der Waals surface area contributed by atoms with Crippen LogP contribution in [0.25, 0.3) is 16.7 Å². The summed E-state index contributed by atoms with van der Waals surface area (Å²) in [5, 5.41) is 9.35. The van der Waals surface area contributed by atoms with Crippen molar-refractivity contribution < 1.29 is 9.32 Å². The van der Waals surface area contributed by atoms with Gasteiger partial charge in [-0.3, -0.25) is 9.88 Å². The van der Waals surface area contributed by atoms with Gasteiger partial charge in [0, 0.05) is 22.9 Å². The highest BCUT2D eigenvalue weighted by Crippen LogP contribution is 2.24. The molecule has 0 spiro atoms. The van der Waals surface area contributed by atoms with Crippen LogP contribution in [0.1, 0.15) is 26.5 Å². The van der Waals surface area contributed by atoms with E-state index < -0.39 is 0 Å². The molecule has 142 valence electrons. The number of anilines is 2. The van der Waals surface area contributed by atoms with Gasteiger partial charge in [-0.15, -0.1) is 0 Å². The molecule has 0 bridgehead atoms. The molecule has 2 amide bonds. The SMILES string of the molecule is CC(C)(C)c1cc(NC(=O)Nc2ccc(-n3cnc4ccccc43)cc2)no1. The normalized spacial score (nSPS) is 11.5. The van der Waals surface area contributed by atoms with Gasteiger partial charge in [0.2, 0.25) is 0 Å². The summed E-state index contributed by atoms with van der Waals surface area (Å²) in [5.74, 6) is 1.09. The lowest BCUT2D eigenvalue weighted by atomic mass is 9.93. The number of para-hydroxylation sites is 2. The van der Waals surface area contributed by atoms with Crippen molar-refractivity contribution in [2.45, 2.75) is 26.2 Å². The zero-order valence-corrected chi connectivity index (χ0v) is 15.9. The van der Waals surface area contributed by atoms with E-state index in [1.54, 1.807) is 12.4 Å². The van der Waals surface area contributed by atoms with Gasteiger partial charge in [0.1, 0.15) is 12.1 Å². The van der Waals surface area contributed by atoms with Crippen LogP contribution in [-0.4, -0.2) is 20.7 Å². The molecule has 4 rings (SSSR count). The van der Waals surface area contributed by atoms with Gasteiger partial charge in [-0.2, -0.15) is 0 Å². The lowest BCUT2D eigenvalue weighted by Gasteiger charge is -2.12. The maximum absolute atomic E-state index is 12.2. The Morgan fingerprint density at radius 3 is 2.50 bits per heavy atom. The Morgan fingerprint density at radius 2 is 1.79 bits per heavy atom. The summed E-state index contributed by atoms with van der Waals surface area (Å²) < 4.78 is 7.27. The van der Waals surface area contributed by atoms with E-state index in [2.05, 4.69) is 20.8 Å². The molecular formula is C21H21N5O2. The second-order valence-electron chi connectivity index (χ2n) is 7.56. The number of amides is 2. The molecule has 0 unspecified atom stereocenters. The molecule has 28 heavy (non-hydrogen) atoms. The van der Waals surface area contributed by atoms with E-state index in [0.717, 1.165) is 16.7 Å². The van der Waals surface area contributed by atoms with Gasteiger partial charge in [-0.05, 0) is 36.4 Å². The van der Waals surface area contributed by atoms with Crippen molar-refractivity contribution in [3.63, 3.8) is 0 Å². The highest BCUT2D eigenvalue weighted by atomic mass is 16.5. The van der Waals surface area contributed by atoms with Crippen molar-refractivity contribution in [3.05, 3.63) is 66.7 Å². The molecule has 2 heterocycles. The molecule has 0 radical (unpaired) electrons. The van der Waals surface area contributed by atoms with E-state index in [0.29, 0.717) is 17.3 Å². The molecule has 7 nitrogen and oxygen atoms in total. The average molecular weight is 375 g/mol. The standard InChI is InChI=1S/C21H21N5O2/c1-21(2,3)18-12-19(25-28-18)24-20(27)23-14-8-10-15(11-9-14)26-13-22-16-6-4-5-7-17(16)26/h4-13H,1-3H3,(H2,23,24,25,27). The number of nitrogens with one attached hydrogen (secondary N) is 2. The summed E-state index contributed by atoms with van der Waals surface area (Å²) in [6.07, 6.45) is 1.79. The number of carbonyl (C=O) groups excluding carboxylic acids is 1. The Bertz CT molecular complexity index is 1120. The molecule has 0 aliphatic rings. The number of hydrogen-bond acceptors (Lipinski definition) is 4. The van der Waals surface area contributed by atoms with Crippen LogP contribution in [0.5, 0.6) is 0 Å². The Balaban J connectivity index is 1.44. The number of nitrogens with zero attached hydrogens (tertiary/aromatic N) is 3. The fourth-order valence-corrected chi connectivity index (χ4v) is 2.84. The minimum atomic E-state index is -0.380. The van der Waals surface area contributed by atoms with Crippen LogP contribution in [0, 0.1) is 0 Å². The van der Waals surface area contributed by atoms with Crippen LogP contribution in [0.3, 0.4) is 0 Å². The van der Waals surface area contributed by atoms with Gasteiger partial charge in [-0.25, -0.2) is 9.78 Å². The molecule has 0 fully saturated rings. The third-order valence-electron chi connectivity index (χ3n) is 4.35. The summed E-state index contributed by atoms with van der Waals surface area (Å²) in [7, 11) is 0. The van der Waals surface area contributed by atoms with Gasteiger partial charge in [-0.1, -0.05) is 38.1 Å². The summed E-state index contributed by atoms with van der Waals surface area (Å²) >= 11 is 0. The van der Waals surface area contributed by atoms with Gasteiger partial charge in [0.25, 0.3) is 0 Å². The van der Waals surface area contributed by atoms with E-state index in [9.17, 15) is 4.79 Å². The lowest BCUT2D eigenvalue weighted by Crippen LogP contribution is -2.19. The summed E-state index contributed by atoms with van der Waals surface area (Å²) in [6, 6.07) is 16.8. The number of rotatable bonds is 3. The van der Waals surface area contributed by atoms with Gasteiger partial charge < -0.3 is 9.84 Å². The van der Waals surface area contributed by atoms with Crippen molar-refractivity contribution in [3.8, 4) is 5.69 Å². The van der Waals surface area contributed by atoms with Crippen molar-refractivity contribution in [1.29, 1.82) is 0 Å². The van der Waals surface area contributed by atoms with Crippen LogP contribution in [0.4, 0.5) is 16.3 Å². The number of hydrogen-bond donors (Lipinski definition) is 2. The third kappa shape index (κ3) is 3.59. The van der Waals surface area contributed by atoms with Crippen LogP contribution in [0.2, 0.25) is 0 Å². The zero-order valence-electron chi connectivity index (χ0n) is 15.9. The van der Waals surface area contributed by atoms with E-state index in [1.165, 1.54) is 0 Å². The Hall–Kier alpha value is -3.61. The van der Waals surface area contributed by atoms with Gasteiger partial charge >= 0.3 is 6.03 Å². The predicted octanol–water partition coefficient (Wildman–Crippen LogP) is 4.96. The van der Waals surface area contributed by atoms with E-state index in [1.807, 2.05) is 73.9 Å². The number of imidazole rings is 1. The molecule has 0 aliphatic carbocycles. The van der Waals surface area contributed by atoms with Crippen LogP contribution in [-0.2, 0) is 5.41 Å². The number of carbonyl (C=O) groups is 1. The van der Waals surface area contributed by atoms with Gasteiger partial charge in [0.05, 0.1) is 11.0 Å². The topological polar surface area (TPSA) is 85.0 Å². The maximum Gasteiger partial charge on any atom is 0.324 e.